The molecule has 1 saturated heterocycles. The van der Waals surface area contributed by atoms with E-state index < -0.39 is 11.8 Å². The minimum atomic E-state index is -0.406. The zero-order valence-electron chi connectivity index (χ0n) is 22.5. The van der Waals surface area contributed by atoms with Crippen molar-refractivity contribution in [3.8, 4) is 0 Å². The highest BCUT2D eigenvalue weighted by molar-refractivity contribution is 6.36. The third-order valence-electron chi connectivity index (χ3n) is 6.82. The van der Waals surface area contributed by atoms with Gasteiger partial charge in [0.1, 0.15) is 0 Å². The Morgan fingerprint density at radius 3 is 1.77 bits per heavy atom. The summed E-state index contributed by atoms with van der Waals surface area (Å²) < 4.78 is 22.4. The Hall–Kier alpha value is -3.83. The molecule has 5 rings (SSSR count). The van der Waals surface area contributed by atoms with Gasteiger partial charge in [0.2, 0.25) is 5.91 Å². The van der Waals surface area contributed by atoms with E-state index in [1.165, 1.54) is 11.8 Å². The minimum Gasteiger partial charge on any atom is -0.377 e. The molecule has 1 fully saturated rings. The molecule has 10 nitrogen and oxygen atoms in total. The highest BCUT2D eigenvalue weighted by atomic mass is 16.6. The molecule has 0 bridgehead atoms. The minimum absolute atomic E-state index is 0.226. The molecule has 40 heavy (non-hydrogen) atoms. The zero-order chi connectivity index (χ0) is 27.9. The molecule has 0 spiro atoms. The third-order valence-corrected chi connectivity index (χ3v) is 6.82. The molecule has 0 unspecified atom stereocenters. The van der Waals surface area contributed by atoms with E-state index in [1.54, 1.807) is 42.5 Å². The second-order valence-electron chi connectivity index (χ2n) is 9.47. The fraction of sp³-hybridized carbons (Fsp3) is 0.367. The van der Waals surface area contributed by atoms with Crippen LogP contribution in [0.4, 0.5) is 17.1 Å². The van der Waals surface area contributed by atoms with Gasteiger partial charge in [-0.3, -0.25) is 14.4 Å². The Bertz CT molecular complexity index is 1340. The van der Waals surface area contributed by atoms with Gasteiger partial charge in [-0.1, -0.05) is 12.1 Å². The molecule has 0 atom stereocenters. The third kappa shape index (κ3) is 6.15. The Kier molecular flexibility index (Phi) is 9.02. The Morgan fingerprint density at radius 1 is 0.675 bits per heavy atom. The molecule has 210 valence electrons. The summed E-state index contributed by atoms with van der Waals surface area (Å²) in [6.07, 6.45) is 0. The van der Waals surface area contributed by atoms with Gasteiger partial charge in [0, 0.05) is 53.3 Å². The van der Waals surface area contributed by atoms with Gasteiger partial charge in [-0.05, 0) is 42.5 Å². The molecule has 2 aliphatic rings. The Balaban J connectivity index is 1.35. The van der Waals surface area contributed by atoms with Crippen molar-refractivity contribution < 1.29 is 33.3 Å². The van der Waals surface area contributed by atoms with Crippen LogP contribution >= 0.6 is 0 Å². The van der Waals surface area contributed by atoms with Crippen LogP contribution in [0.15, 0.2) is 54.6 Å². The van der Waals surface area contributed by atoms with E-state index in [9.17, 15) is 14.4 Å². The van der Waals surface area contributed by atoms with Crippen LogP contribution in [-0.4, -0.2) is 83.7 Å². The predicted molar refractivity (Wildman–Crippen MR) is 151 cm³/mol. The standard InChI is InChI=1S/C30H33N3O7/c1-21(34)31-27-10-9-26-28-24(27)3-2-4-25(28)29(35)33(30(26)36)23-7-5-22(6-8-23)32-11-13-37-15-17-39-19-20-40-18-16-38-14-12-32/h2-10H,11-20H2,1H3,(H,31,34). The van der Waals surface area contributed by atoms with Crippen LogP contribution in [0.5, 0.6) is 0 Å². The van der Waals surface area contributed by atoms with Crippen molar-refractivity contribution in [2.24, 2.45) is 0 Å². The lowest BCUT2D eigenvalue weighted by Gasteiger charge is -2.29. The molecule has 0 radical (unpaired) electrons. The number of rotatable bonds is 3. The molecule has 3 aromatic carbocycles. The number of hydrogen-bond donors (Lipinski definition) is 1. The summed E-state index contributed by atoms with van der Waals surface area (Å²) >= 11 is 0. The van der Waals surface area contributed by atoms with Crippen LogP contribution in [0.3, 0.4) is 0 Å². The maximum atomic E-state index is 13.6. The van der Waals surface area contributed by atoms with Crippen molar-refractivity contribution in [1.29, 1.82) is 0 Å². The van der Waals surface area contributed by atoms with Crippen molar-refractivity contribution >= 4 is 45.6 Å². The SMILES string of the molecule is CC(=O)Nc1ccc2c3c(cccc13)C(=O)N(c1ccc(N3CCOCCOCCOCCOCC3)cc1)C2=O. The normalized spacial score (nSPS) is 17.8. The topological polar surface area (TPSA) is 107 Å². The van der Waals surface area contributed by atoms with Crippen LogP contribution in [-0.2, 0) is 23.7 Å². The Labute approximate surface area is 232 Å². The first-order valence-corrected chi connectivity index (χ1v) is 13.4. The van der Waals surface area contributed by atoms with Gasteiger partial charge in [-0.2, -0.15) is 0 Å². The van der Waals surface area contributed by atoms with Gasteiger partial charge in [0.15, 0.2) is 0 Å². The molecule has 3 aromatic rings. The van der Waals surface area contributed by atoms with Gasteiger partial charge in [-0.25, -0.2) is 4.90 Å². The highest BCUT2D eigenvalue weighted by Crippen LogP contribution is 2.36. The zero-order valence-corrected chi connectivity index (χ0v) is 22.5. The highest BCUT2D eigenvalue weighted by Gasteiger charge is 2.34. The van der Waals surface area contributed by atoms with Crippen LogP contribution in [0.1, 0.15) is 27.6 Å². The number of nitrogens with one attached hydrogen (secondary N) is 1. The first-order valence-electron chi connectivity index (χ1n) is 13.4. The first kappa shape index (κ1) is 27.7. The lowest BCUT2D eigenvalue weighted by atomic mass is 9.92. The summed E-state index contributed by atoms with van der Waals surface area (Å²) in [5.74, 6) is -1.04. The van der Waals surface area contributed by atoms with Crippen molar-refractivity contribution in [2.45, 2.75) is 6.92 Å². The maximum Gasteiger partial charge on any atom is 0.265 e. The van der Waals surface area contributed by atoms with Crippen molar-refractivity contribution in [3.63, 3.8) is 0 Å². The summed E-state index contributed by atoms with van der Waals surface area (Å²) in [4.78, 5) is 42.2. The van der Waals surface area contributed by atoms with Crippen LogP contribution in [0, 0.1) is 0 Å². The molecule has 2 aliphatic heterocycles. The summed E-state index contributed by atoms with van der Waals surface area (Å²) in [7, 11) is 0. The van der Waals surface area contributed by atoms with Gasteiger partial charge < -0.3 is 29.2 Å². The quantitative estimate of drug-likeness (QED) is 0.497. The van der Waals surface area contributed by atoms with E-state index >= 15 is 0 Å². The number of hydrogen-bond acceptors (Lipinski definition) is 8. The number of benzene rings is 3. The molecule has 1 N–H and O–H groups in total. The van der Waals surface area contributed by atoms with E-state index in [4.69, 9.17) is 18.9 Å². The van der Waals surface area contributed by atoms with Gasteiger partial charge in [-0.15, -0.1) is 0 Å². The van der Waals surface area contributed by atoms with Crippen molar-refractivity contribution in [2.75, 3.05) is 81.1 Å². The lowest BCUT2D eigenvalue weighted by Crippen LogP contribution is -2.40. The molecular weight excluding hydrogens is 514 g/mol. The average molecular weight is 548 g/mol. The van der Waals surface area contributed by atoms with E-state index in [2.05, 4.69) is 10.2 Å². The average Bonchev–Trinajstić information content (AvgIpc) is 2.96. The van der Waals surface area contributed by atoms with Crippen LogP contribution in [0.25, 0.3) is 10.8 Å². The predicted octanol–water partition coefficient (Wildman–Crippen LogP) is 3.49. The molecule has 2 heterocycles. The monoisotopic (exact) mass is 547 g/mol. The number of amides is 3. The van der Waals surface area contributed by atoms with E-state index in [-0.39, 0.29) is 5.91 Å². The fourth-order valence-electron chi connectivity index (χ4n) is 4.92. The largest absolute Gasteiger partial charge is 0.377 e. The molecule has 3 amide bonds. The molecule has 10 heteroatoms. The van der Waals surface area contributed by atoms with Crippen LogP contribution < -0.4 is 15.1 Å². The number of carbonyl (C=O) groups excluding carboxylic acids is 3. The fourth-order valence-corrected chi connectivity index (χ4v) is 4.92. The number of imide groups is 1. The number of ether oxygens (including phenoxy) is 4. The van der Waals surface area contributed by atoms with Crippen molar-refractivity contribution in [1.82, 2.24) is 0 Å². The summed E-state index contributed by atoms with van der Waals surface area (Å²) in [5.41, 5.74) is 2.79. The number of anilines is 3. The van der Waals surface area contributed by atoms with Gasteiger partial charge >= 0.3 is 0 Å². The Morgan fingerprint density at radius 2 is 1.20 bits per heavy atom. The van der Waals surface area contributed by atoms with E-state index in [0.29, 0.717) is 99.2 Å². The van der Waals surface area contributed by atoms with Gasteiger partial charge in [0.25, 0.3) is 11.8 Å². The number of nitrogens with zero attached hydrogens (tertiary/aromatic N) is 2. The molecule has 0 aromatic heterocycles. The van der Waals surface area contributed by atoms with Crippen LogP contribution in [0.2, 0.25) is 0 Å². The molecule has 0 aliphatic carbocycles. The first-order chi connectivity index (χ1) is 19.5. The van der Waals surface area contributed by atoms with Crippen molar-refractivity contribution in [3.05, 3.63) is 65.7 Å². The smallest absolute Gasteiger partial charge is 0.265 e. The van der Waals surface area contributed by atoms with E-state index in [0.717, 1.165) is 5.69 Å². The lowest BCUT2D eigenvalue weighted by molar-refractivity contribution is -0.114. The van der Waals surface area contributed by atoms with E-state index in [1.807, 2.05) is 12.1 Å². The second kappa shape index (κ2) is 13.0. The second-order valence-corrected chi connectivity index (χ2v) is 9.47. The summed E-state index contributed by atoms with van der Waals surface area (Å²) in [5, 5.41) is 3.99. The summed E-state index contributed by atoms with van der Waals surface area (Å²) in [6.45, 7) is 6.84. The van der Waals surface area contributed by atoms with Gasteiger partial charge in [0.05, 0.1) is 58.5 Å². The maximum absolute atomic E-state index is 13.6. The molecular formula is C30H33N3O7. The summed E-state index contributed by atoms with van der Waals surface area (Å²) in [6, 6.07) is 16.0. The molecule has 0 saturated carbocycles. The number of carbonyl (C=O) groups is 3.